The predicted molar refractivity (Wildman–Crippen MR) is 125 cm³/mol. The molecule has 0 N–H and O–H groups in total. The van der Waals surface area contributed by atoms with Crippen molar-refractivity contribution in [3.63, 3.8) is 0 Å². The molecule has 168 valence electrons. The van der Waals surface area contributed by atoms with Crippen LogP contribution in [0.4, 0.5) is 5.69 Å². The molecule has 0 fully saturated rings. The molecule has 2 aromatic rings. The highest BCUT2D eigenvalue weighted by molar-refractivity contribution is 6.08. The number of Topliss-reactive ketones (excluding diaryl/α,β-unsaturated/α-hetero) is 1. The summed E-state index contributed by atoms with van der Waals surface area (Å²) in [5, 5.41) is 0. The quantitative estimate of drug-likeness (QED) is 0.631. The van der Waals surface area contributed by atoms with Gasteiger partial charge in [-0.05, 0) is 42.0 Å². The summed E-state index contributed by atoms with van der Waals surface area (Å²) < 4.78 is 11.1. The van der Waals surface area contributed by atoms with Crippen molar-refractivity contribution in [2.45, 2.75) is 52.4 Å². The average molecular weight is 434 g/mol. The maximum Gasteiger partial charge on any atom is 0.232 e. The lowest BCUT2D eigenvalue weighted by atomic mass is 9.69. The minimum atomic E-state index is -0.350. The van der Waals surface area contributed by atoms with Gasteiger partial charge in [0.05, 0.1) is 14.2 Å². The van der Waals surface area contributed by atoms with Gasteiger partial charge in [0.2, 0.25) is 5.91 Å². The van der Waals surface area contributed by atoms with Crippen molar-refractivity contribution in [2.24, 2.45) is 5.41 Å². The number of hydrogen-bond donors (Lipinski definition) is 0. The molecule has 0 saturated heterocycles. The Morgan fingerprint density at radius 2 is 1.72 bits per heavy atom. The maximum absolute atomic E-state index is 13.6. The van der Waals surface area contributed by atoms with E-state index in [2.05, 4.69) is 32.9 Å². The molecule has 5 heteroatoms. The second-order valence-corrected chi connectivity index (χ2v) is 9.39. The van der Waals surface area contributed by atoms with E-state index in [1.807, 2.05) is 30.3 Å². The molecule has 2 aromatic carbocycles. The molecule has 0 saturated carbocycles. The summed E-state index contributed by atoms with van der Waals surface area (Å²) in [7, 11) is 3.18. The predicted octanol–water partition coefficient (Wildman–Crippen LogP) is 5.43. The monoisotopic (exact) mass is 433 g/mol. The molecular weight excluding hydrogens is 402 g/mol. The van der Waals surface area contributed by atoms with Crippen LogP contribution in [0.2, 0.25) is 0 Å². The first-order chi connectivity index (χ1) is 15.3. The van der Waals surface area contributed by atoms with Crippen LogP contribution in [-0.2, 0) is 16.0 Å². The van der Waals surface area contributed by atoms with E-state index in [1.165, 1.54) is 5.56 Å². The normalized spacial score (nSPS) is 20.3. The van der Waals surface area contributed by atoms with Gasteiger partial charge in [-0.2, -0.15) is 0 Å². The molecule has 5 nitrogen and oxygen atoms in total. The maximum atomic E-state index is 13.6. The Hall–Kier alpha value is -3.08. The number of hydrogen-bond acceptors (Lipinski definition) is 4. The molecule has 1 heterocycles. The van der Waals surface area contributed by atoms with E-state index in [4.69, 9.17) is 9.47 Å². The Bertz CT molecular complexity index is 1080. The molecule has 0 spiro atoms. The molecule has 1 aliphatic carbocycles. The Kier molecular flexibility index (Phi) is 5.85. The van der Waals surface area contributed by atoms with Gasteiger partial charge in [-0.3, -0.25) is 14.5 Å². The molecule has 2 aliphatic rings. The van der Waals surface area contributed by atoms with Gasteiger partial charge < -0.3 is 9.47 Å². The Morgan fingerprint density at radius 1 is 1.00 bits per heavy atom. The fourth-order valence-corrected chi connectivity index (χ4v) is 5.05. The zero-order valence-corrected chi connectivity index (χ0v) is 19.5. The smallest absolute Gasteiger partial charge is 0.232 e. The van der Waals surface area contributed by atoms with Crippen molar-refractivity contribution in [1.29, 1.82) is 0 Å². The highest BCUT2D eigenvalue weighted by Crippen LogP contribution is 2.50. The molecule has 0 aromatic heterocycles. The van der Waals surface area contributed by atoms with Gasteiger partial charge in [0, 0.05) is 41.3 Å². The van der Waals surface area contributed by atoms with Crippen LogP contribution in [0.15, 0.2) is 53.7 Å². The summed E-state index contributed by atoms with van der Waals surface area (Å²) in [6, 6.07) is 13.7. The van der Waals surface area contributed by atoms with Gasteiger partial charge in [0.15, 0.2) is 17.3 Å². The number of carbonyl (C=O) groups excluding carboxylic acids is 2. The lowest BCUT2D eigenvalue weighted by molar-refractivity contribution is -0.121. The van der Waals surface area contributed by atoms with Gasteiger partial charge in [-0.1, -0.05) is 45.0 Å². The van der Waals surface area contributed by atoms with Crippen LogP contribution in [-0.4, -0.2) is 25.9 Å². The Labute approximate surface area is 190 Å². The SMILES string of the molecule is CCc1ccc(N2C(=O)CC(c3cccc(OC)c3OC)C3=C2CC(C)(C)CC3=O)cc1. The van der Waals surface area contributed by atoms with Crippen LogP contribution < -0.4 is 14.4 Å². The van der Waals surface area contributed by atoms with Crippen molar-refractivity contribution >= 4 is 17.4 Å². The van der Waals surface area contributed by atoms with Gasteiger partial charge in [0.25, 0.3) is 0 Å². The van der Waals surface area contributed by atoms with Crippen molar-refractivity contribution < 1.29 is 19.1 Å². The molecule has 0 radical (unpaired) electrons. The van der Waals surface area contributed by atoms with E-state index in [0.29, 0.717) is 24.3 Å². The number of benzene rings is 2. The number of carbonyl (C=O) groups is 2. The van der Waals surface area contributed by atoms with Crippen LogP contribution >= 0.6 is 0 Å². The molecule has 4 rings (SSSR count). The van der Waals surface area contributed by atoms with E-state index in [1.54, 1.807) is 19.1 Å². The number of para-hydroxylation sites is 1. The number of rotatable bonds is 5. The lowest BCUT2D eigenvalue weighted by Crippen LogP contribution is -2.43. The number of amides is 1. The number of ketones is 1. The van der Waals surface area contributed by atoms with Crippen LogP contribution in [0.25, 0.3) is 0 Å². The van der Waals surface area contributed by atoms with Gasteiger partial charge in [-0.15, -0.1) is 0 Å². The van der Waals surface area contributed by atoms with Gasteiger partial charge in [0.1, 0.15) is 0 Å². The molecule has 1 aliphatic heterocycles. The van der Waals surface area contributed by atoms with E-state index < -0.39 is 0 Å². The lowest BCUT2D eigenvalue weighted by Gasteiger charge is -2.43. The van der Waals surface area contributed by atoms with E-state index in [9.17, 15) is 9.59 Å². The van der Waals surface area contributed by atoms with Crippen molar-refractivity contribution in [2.75, 3.05) is 19.1 Å². The van der Waals surface area contributed by atoms with Crippen molar-refractivity contribution in [3.8, 4) is 11.5 Å². The minimum absolute atomic E-state index is 0.00614. The topological polar surface area (TPSA) is 55.8 Å². The first kappa shape index (κ1) is 22.1. The highest BCUT2D eigenvalue weighted by Gasteiger charge is 2.45. The number of nitrogens with zero attached hydrogens (tertiary/aromatic N) is 1. The summed E-state index contributed by atoms with van der Waals surface area (Å²) >= 11 is 0. The second-order valence-electron chi connectivity index (χ2n) is 9.39. The van der Waals surface area contributed by atoms with Crippen molar-refractivity contribution in [1.82, 2.24) is 0 Å². The summed E-state index contributed by atoms with van der Waals surface area (Å²) in [6.07, 6.45) is 2.28. The van der Waals surface area contributed by atoms with Crippen LogP contribution in [0.3, 0.4) is 0 Å². The summed E-state index contributed by atoms with van der Waals surface area (Å²) in [4.78, 5) is 28.8. The van der Waals surface area contributed by atoms with E-state index >= 15 is 0 Å². The molecule has 32 heavy (non-hydrogen) atoms. The zero-order chi connectivity index (χ0) is 23.0. The number of aryl methyl sites for hydroxylation is 1. The third kappa shape index (κ3) is 3.81. The molecule has 0 bridgehead atoms. The minimum Gasteiger partial charge on any atom is -0.493 e. The zero-order valence-electron chi connectivity index (χ0n) is 19.5. The Balaban J connectivity index is 1.90. The largest absolute Gasteiger partial charge is 0.493 e. The molecule has 1 atom stereocenters. The van der Waals surface area contributed by atoms with Gasteiger partial charge in [-0.25, -0.2) is 0 Å². The van der Waals surface area contributed by atoms with Crippen LogP contribution in [0.5, 0.6) is 11.5 Å². The Morgan fingerprint density at radius 3 is 2.34 bits per heavy atom. The van der Waals surface area contributed by atoms with Crippen LogP contribution in [0.1, 0.15) is 57.1 Å². The standard InChI is InChI=1S/C27H31NO4/c1-6-17-10-12-18(13-11-17)28-21-15-27(2,3)16-22(29)25(21)20(14-24(28)30)19-8-7-9-23(31-4)26(19)32-5/h7-13,20H,6,14-16H2,1-5H3. The first-order valence-electron chi connectivity index (χ1n) is 11.2. The molecule has 1 amide bonds. The summed E-state index contributed by atoms with van der Waals surface area (Å²) in [5.41, 5.74) is 4.20. The van der Waals surface area contributed by atoms with E-state index in [-0.39, 0.29) is 29.4 Å². The number of ether oxygens (including phenoxy) is 2. The highest BCUT2D eigenvalue weighted by atomic mass is 16.5. The second kappa shape index (κ2) is 8.45. The molecular formula is C27H31NO4. The third-order valence-electron chi connectivity index (χ3n) is 6.55. The number of anilines is 1. The number of methoxy groups -OCH3 is 2. The fraction of sp³-hybridized carbons (Fsp3) is 0.407. The average Bonchev–Trinajstić information content (AvgIpc) is 2.77. The molecule has 1 unspecified atom stereocenters. The van der Waals surface area contributed by atoms with Crippen molar-refractivity contribution in [3.05, 3.63) is 64.9 Å². The third-order valence-corrected chi connectivity index (χ3v) is 6.55. The summed E-state index contributed by atoms with van der Waals surface area (Å²) in [5.74, 6) is 0.929. The van der Waals surface area contributed by atoms with E-state index in [0.717, 1.165) is 28.9 Å². The van der Waals surface area contributed by atoms with Gasteiger partial charge >= 0.3 is 0 Å². The summed E-state index contributed by atoms with van der Waals surface area (Å²) in [6.45, 7) is 6.29. The fourth-order valence-electron chi connectivity index (χ4n) is 5.05. The number of allylic oxidation sites excluding steroid dienone is 2. The van der Waals surface area contributed by atoms with Crippen LogP contribution in [0, 0.1) is 5.41 Å². The first-order valence-corrected chi connectivity index (χ1v) is 11.2.